The van der Waals surface area contributed by atoms with Crippen LogP contribution in [-0.2, 0) is 13.1 Å². The van der Waals surface area contributed by atoms with E-state index in [0.717, 1.165) is 49.7 Å². The van der Waals surface area contributed by atoms with E-state index in [2.05, 4.69) is 30.3 Å². The van der Waals surface area contributed by atoms with Gasteiger partial charge >= 0.3 is 0 Å². The van der Waals surface area contributed by atoms with Crippen LogP contribution in [-0.4, -0.2) is 55.4 Å². The number of rotatable bonds is 3. The van der Waals surface area contributed by atoms with Crippen molar-refractivity contribution in [2.75, 3.05) is 19.6 Å². The van der Waals surface area contributed by atoms with Crippen molar-refractivity contribution in [3.63, 3.8) is 0 Å². The van der Waals surface area contributed by atoms with Crippen LogP contribution in [0.15, 0.2) is 30.3 Å². The highest BCUT2D eigenvalue weighted by molar-refractivity contribution is 5.93. The summed E-state index contributed by atoms with van der Waals surface area (Å²) in [5.41, 5.74) is 1.85. The van der Waals surface area contributed by atoms with Crippen LogP contribution in [0.4, 0.5) is 4.39 Å². The van der Waals surface area contributed by atoms with Crippen LogP contribution in [0.1, 0.15) is 40.9 Å². The maximum atomic E-state index is 13.1. The molecule has 1 amide bonds. The first-order valence-corrected chi connectivity index (χ1v) is 9.92. The summed E-state index contributed by atoms with van der Waals surface area (Å²) in [7, 11) is 0. The third kappa shape index (κ3) is 3.42. The molecule has 8 nitrogen and oxygen atoms in total. The number of hydrogen-bond donors (Lipinski definition) is 2. The second kappa shape index (κ2) is 7.40. The molecule has 0 radical (unpaired) electrons. The monoisotopic (exact) mass is 395 g/mol. The molecule has 0 spiro atoms. The lowest BCUT2D eigenvalue weighted by Gasteiger charge is -2.31. The highest BCUT2D eigenvalue weighted by atomic mass is 19.1. The molecular weight excluding hydrogens is 373 g/mol. The number of H-pyrrole nitrogens is 1. The summed E-state index contributed by atoms with van der Waals surface area (Å²) in [6.45, 7) is 3.95. The first-order valence-electron chi connectivity index (χ1n) is 9.92. The summed E-state index contributed by atoms with van der Waals surface area (Å²) in [6, 6.07) is 7.80. The minimum atomic E-state index is -0.298. The maximum absolute atomic E-state index is 13.1. The van der Waals surface area contributed by atoms with Crippen molar-refractivity contribution < 1.29 is 9.18 Å². The Hall–Kier alpha value is -3.07. The molecule has 2 aromatic heterocycles. The molecular formula is C20H22FN7O. The van der Waals surface area contributed by atoms with Crippen molar-refractivity contribution in [2.24, 2.45) is 0 Å². The summed E-state index contributed by atoms with van der Waals surface area (Å²) >= 11 is 0. The van der Waals surface area contributed by atoms with Crippen LogP contribution in [0.5, 0.6) is 0 Å². The highest BCUT2D eigenvalue weighted by Gasteiger charge is 2.29. The molecule has 9 heteroatoms. The molecule has 0 saturated carbocycles. The first kappa shape index (κ1) is 18.0. The molecule has 2 aliphatic heterocycles. The third-order valence-corrected chi connectivity index (χ3v) is 5.75. The largest absolute Gasteiger partial charge is 0.337 e. The quantitative estimate of drug-likeness (QED) is 0.707. The van der Waals surface area contributed by atoms with E-state index in [1.807, 2.05) is 4.90 Å². The van der Waals surface area contributed by atoms with Gasteiger partial charge in [0.15, 0.2) is 0 Å². The molecule has 1 fully saturated rings. The van der Waals surface area contributed by atoms with E-state index in [1.165, 1.54) is 12.1 Å². The van der Waals surface area contributed by atoms with E-state index in [0.29, 0.717) is 30.4 Å². The molecule has 5 rings (SSSR count). The molecule has 1 aromatic carbocycles. The zero-order chi connectivity index (χ0) is 19.8. The zero-order valence-corrected chi connectivity index (χ0v) is 15.9. The fraction of sp³-hybridized carbons (Fsp3) is 0.400. The van der Waals surface area contributed by atoms with Gasteiger partial charge in [0, 0.05) is 37.7 Å². The van der Waals surface area contributed by atoms with Gasteiger partial charge in [0.25, 0.3) is 5.91 Å². The Balaban J connectivity index is 1.25. The number of aromatic nitrogens is 5. The van der Waals surface area contributed by atoms with Crippen molar-refractivity contribution in [1.82, 2.24) is 35.2 Å². The van der Waals surface area contributed by atoms with Crippen LogP contribution in [0.2, 0.25) is 0 Å². The lowest BCUT2D eigenvalue weighted by atomic mass is 9.95. The predicted molar refractivity (Wildman–Crippen MR) is 104 cm³/mol. The van der Waals surface area contributed by atoms with Gasteiger partial charge in [0.1, 0.15) is 23.2 Å². The van der Waals surface area contributed by atoms with E-state index in [9.17, 15) is 9.18 Å². The van der Waals surface area contributed by atoms with Gasteiger partial charge in [-0.1, -0.05) is 0 Å². The Bertz CT molecular complexity index is 1020. The summed E-state index contributed by atoms with van der Waals surface area (Å²) in [6.07, 6.45) is 1.74. The van der Waals surface area contributed by atoms with Crippen molar-refractivity contribution in [3.05, 3.63) is 53.5 Å². The Morgan fingerprint density at radius 1 is 1.10 bits per heavy atom. The SMILES string of the molecule is O=C(c1cc(-c2ccc(F)cc2)n[nH]1)N1CCC(c2nnc3n2CCNC3)CC1. The highest BCUT2D eigenvalue weighted by Crippen LogP contribution is 2.28. The fourth-order valence-electron chi connectivity index (χ4n) is 4.13. The Morgan fingerprint density at radius 3 is 2.69 bits per heavy atom. The topological polar surface area (TPSA) is 91.7 Å². The lowest BCUT2D eigenvalue weighted by Crippen LogP contribution is -2.39. The molecule has 2 N–H and O–H groups in total. The minimum Gasteiger partial charge on any atom is -0.337 e. The fourth-order valence-corrected chi connectivity index (χ4v) is 4.13. The normalized spacial score (nSPS) is 17.3. The number of nitrogens with one attached hydrogen (secondary N) is 2. The second-order valence-corrected chi connectivity index (χ2v) is 7.54. The summed E-state index contributed by atoms with van der Waals surface area (Å²) in [5.74, 6) is 2.02. The number of hydrogen-bond acceptors (Lipinski definition) is 5. The van der Waals surface area contributed by atoms with Crippen LogP contribution in [0.3, 0.4) is 0 Å². The van der Waals surface area contributed by atoms with E-state index < -0.39 is 0 Å². The standard InChI is InChI=1S/C20H22FN7O/c21-15-3-1-13(2-4-15)16-11-17(24-23-16)20(29)27-8-5-14(6-9-27)19-26-25-18-12-22-7-10-28(18)19/h1-4,11,14,22H,5-10,12H2,(H,23,24). The van der Waals surface area contributed by atoms with Crippen LogP contribution >= 0.6 is 0 Å². The average Bonchev–Trinajstić information content (AvgIpc) is 3.42. The molecule has 0 aliphatic carbocycles. The molecule has 1 saturated heterocycles. The molecule has 0 atom stereocenters. The molecule has 2 aliphatic rings. The Labute approximate surface area is 167 Å². The third-order valence-electron chi connectivity index (χ3n) is 5.75. The number of aromatic amines is 1. The lowest BCUT2D eigenvalue weighted by molar-refractivity contribution is 0.0704. The molecule has 3 aromatic rings. The first-order chi connectivity index (χ1) is 14.2. The van der Waals surface area contributed by atoms with Gasteiger partial charge in [0.2, 0.25) is 0 Å². The van der Waals surface area contributed by atoms with Gasteiger partial charge in [-0.05, 0) is 43.2 Å². The van der Waals surface area contributed by atoms with Crippen molar-refractivity contribution in [3.8, 4) is 11.3 Å². The molecule has 4 heterocycles. The smallest absolute Gasteiger partial charge is 0.271 e. The van der Waals surface area contributed by atoms with Crippen molar-refractivity contribution in [1.29, 1.82) is 0 Å². The number of carbonyl (C=O) groups is 1. The maximum Gasteiger partial charge on any atom is 0.271 e. The molecule has 0 bridgehead atoms. The number of likely N-dealkylation sites (tertiary alicyclic amines) is 1. The van der Waals surface area contributed by atoms with E-state index >= 15 is 0 Å². The molecule has 29 heavy (non-hydrogen) atoms. The zero-order valence-electron chi connectivity index (χ0n) is 15.9. The molecule has 0 unspecified atom stereocenters. The van der Waals surface area contributed by atoms with E-state index in [1.54, 1.807) is 18.2 Å². The van der Waals surface area contributed by atoms with Crippen LogP contribution < -0.4 is 5.32 Å². The van der Waals surface area contributed by atoms with Crippen LogP contribution in [0.25, 0.3) is 11.3 Å². The van der Waals surface area contributed by atoms with E-state index in [4.69, 9.17) is 0 Å². The summed E-state index contributed by atoms with van der Waals surface area (Å²) in [5, 5.41) is 19.1. The number of benzene rings is 1. The predicted octanol–water partition coefficient (Wildman–Crippen LogP) is 1.93. The van der Waals surface area contributed by atoms with Crippen LogP contribution in [0, 0.1) is 5.82 Å². The molecule has 150 valence electrons. The van der Waals surface area contributed by atoms with Crippen molar-refractivity contribution >= 4 is 5.91 Å². The number of nitrogens with zero attached hydrogens (tertiary/aromatic N) is 5. The van der Waals surface area contributed by atoms with Gasteiger partial charge in [0.05, 0.1) is 12.2 Å². The van der Waals surface area contributed by atoms with E-state index in [-0.39, 0.29) is 11.7 Å². The number of fused-ring (bicyclic) bond motifs is 1. The number of amides is 1. The number of piperidine rings is 1. The van der Waals surface area contributed by atoms with Gasteiger partial charge in [-0.3, -0.25) is 9.89 Å². The number of halogens is 1. The van der Waals surface area contributed by atoms with Gasteiger partial charge in [-0.2, -0.15) is 5.10 Å². The van der Waals surface area contributed by atoms with Gasteiger partial charge in [-0.25, -0.2) is 4.39 Å². The van der Waals surface area contributed by atoms with Crippen molar-refractivity contribution in [2.45, 2.75) is 31.8 Å². The second-order valence-electron chi connectivity index (χ2n) is 7.54. The summed E-state index contributed by atoms with van der Waals surface area (Å²) < 4.78 is 15.3. The number of carbonyl (C=O) groups excluding carboxylic acids is 1. The van der Waals surface area contributed by atoms with Gasteiger partial charge < -0.3 is 14.8 Å². The Kier molecular flexibility index (Phi) is 4.59. The minimum absolute atomic E-state index is 0.0585. The average molecular weight is 395 g/mol. The summed E-state index contributed by atoms with van der Waals surface area (Å²) in [4.78, 5) is 14.7. The van der Waals surface area contributed by atoms with Gasteiger partial charge in [-0.15, -0.1) is 10.2 Å². The Morgan fingerprint density at radius 2 is 1.90 bits per heavy atom.